The number of aromatic nitrogens is 2. The van der Waals surface area contributed by atoms with E-state index >= 15 is 0 Å². The standard InChI is InChI=1S/C13H13ClN2O2S/c1-8(2)19-11-6-4-3-5-10(11)18-13-9(17)7-12(14)15-16-13/h3-8H,1-2H3,(H,15,17). The largest absolute Gasteiger partial charge is 0.434 e. The molecule has 0 unspecified atom stereocenters. The minimum absolute atomic E-state index is 0.0128. The zero-order valence-corrected chi connectivity index (χ0v) is 12.1. The van der Waals surface area contributed by atoms with Gasteiger partial charge in [0.2, 0.25) is 5.43 Å². The molecule has 0 bridgehead atoms. The molecule has 1 heterocycles. The lowest BCUT2D eigenvalue weighted by atomic mass is 10.3. The molecule has 4 nitrogen and oxygen atoms in total. The summed E-state index contributed by atoms with van der Waals surface area (Å²) in [6, 6.07) is 8.77. The molecule has 2 rings (SSSR count). The van der Waals surface area contributed by atoms with Crippen LogP contribution >= 0.6 is 23.4 Å². The highest BCUT2D eigenvalue weighted by Gasteiger charge is 2.10. The van der Waals surface area contributed by atoms with Crippen molar-refractivity contribution in [3.05, 3.63) is 45.7 Å². The van der Waals surface area contributed by atoms with Crippen molar-refractivity contribution in [3.8, 4) is 11.6 Å². The number of hydrogen-bond acceptors (Lipinski definition) is 4. The van der Waals surface area contributed by atoms with Crippen molar-refractivity contribution >= 4 is 23.4 Å². The first-order chi connectivity index (χ1) is 9.06. The van der Waals surface area contributed by atoms with Crippen molar-refractivity contribution in [2.45, 2.75) is 24.0 Å². The molecule has 0 fully saturated rings. The van der Waals surface area contributed by atoms with Crippen molar-refractivity contribution in [1.29, 1.82) is 0 Å². The fourth-order valence-electron chi connectivity index (χ4n) is 1.43. The molecule has 0 saturated carbocycles. The Morgan fingerprint density at radius 1 is 1.37 bits per heavy atom. The van der Waals surface area contributed by atoms with Gasteiger partial charge in [-0.15, -0.1) is 16.9 Å². The maximum Gasteiger partial charge on any atom is 0.285 e. The predicted molar refractivity (Wildman–Crippen MR) is 77.4 cm³/mol. The Bertz CT molecular complexity index is 628. The fraction of sp³-hybridized carbons (Fsp3) is 0.231. The minimum atomic E-state index is -0.354. The molecule has 0 aliphatic rings. The van der Waals surface area contributed by atoms with Crippen LogP contribution in [0.25, 0.3) is 0 Å². The number of H-pyrrole nitrogens is 1. The van der Waals surface area contributed by atoms with Gasteiger partial charge < -0.3 is 4.74 Å². The number of nitrogens with zero attached hydrogens (tertiary/aromatic N) is 1. The van der Waals surface area contributed by atoms with E-state index in [1.165, 1.54) is 6.07 Å². The monoisotopic (exact) mass is 296 g/mol. The number of hydrogen-bond donors (Lipinski definition) is 1. The lowest BCUT2D eigenvalue weighted by molar-refractivity contribution is 0.440. The molecule has 0 aliphatic carbocycles. The summed E-state index contributed by atoms with van der Waals surface area (Å²) in [7, 11) is 0. The predicted octanol–water partition coefficient (Wildman–Crippen LogP) is 3.72. The Morgan fingerprint density at radius 2 is 2.11 bits per heavy atom. The summed E-state index contributed by atoms with van der Waals surface area (Å²) >= 11 is 7.30. The summed E-state index contributed by atoms with van der Waals surface area (Å²) in [5.74, 6) is 0.600. The Kier molecular flexibility index (Phi) is 4.50. The second-order valence-electron chi connectivity index (χ2n) is 4.10. The number of ether oxygens (including phenoxy) is 1. The quantitative estimate of drug-likeness (QED) is 0.874. The Morgan fingerprint density at radius 3 is 2.79 bits per heavy atom. The number of thioether (sulfide) groups is 1. The molecule has 1 aromatic carbocycles. The Balaban J connectivity index is 2.30. The summed E-state index contributed by atoms with van der Waals surface area (Å²) in [4.78, 5) is 12.6. The average molecular weight is 297 g/mol. The normalized spacial score (nSPS) is 10.7. The Labute approximate surface area is 120 Å². The smallest absolute Gasteiger partial charge is 0.285 e. The van der Waals surface area contributed by atoms with Gasteiger partial charge in [-0.1, -0.05) is 37.6 Å². The number of benzene rings is 1. The van der Waals surface area contributed by atoms with Gasteiger partial charge >= 0.3 is 0 Å². The van der Waals surface area contributed by atoms with Gasteiger partial charge in [-0.2, -0.15) is 0 Å². The zero-order valence-electron chi connectivity index (χ0n) is 10.5. The van der Waals surface area contributed by atoms with Crippen molar-refractivity contribution in [2.24, 2.45) is 0 Å². The van der Waals surface area contributed by atoms with Gasteiger partial charge in [0.25, 0.3) is 5.88 Å². The number of halogens is 1. The van der Waals surface area contributed by atoms with Gasteiger partial charge in [0.15, 0.2) is 0 Å². The van der Waals surface area contributed by atoms with Crippen molar-refractivity contribution in [3.63, 3.8) is 0 Å². The van der Waals surface area contributed by atoms with Crippen molar-refractivity contribution in [2.75, 3.05) is 0 Å². The molecule has 0 saturated heterocycles. The summed E-state index contributed by atoms with van der Waals surface area (Å²) in [5.41, 5.74) is -0.354. The summed E-state index contributed by atoms with van der Waals surface area (Å²) < 4.78 is 5.56. The molecule has 1 aromatic heterocycles. The van der Waals surface area contributed by atoms with Crippen LogP contribution in [0.15, 0.2) is 40.0 Å². The molecular weight excluding hydrogens is 284 g/mol. The molecule has 0 aliphatic heterocycles. The van der Waals surface area contributed by atoms with Crippen LogP contribution in [0.1, 0.15) is 13.8 Å². The van der Waals surface area contributed by atoms with E-state index < -0.39 is 0 Å². The molecule has 19 heavy (non-hydrogen) atoms. The first kappa shape index (κ1) is 14.0. The molecule has 0 amide bonds. The van der Waals surface area contributed by atoms with Gasteiger partial charge in [-0.05, 0) is 12.1 Å². The third-order valence-electron chi connectivity index (χ3n) is 2.15. The van der Waals surface area contributed by atoms with Gasteiger partial charge in [0.05, 0.1) is 4.90 Å². The number of rotatable bonds is 4. The molecule has 2 aromatic rings. The molecule has 6 heteroatoms. The topological polar surface area (TPSA) is 55.0 Å². The van der Waals surface area contributed by atoms with Crippen LogP contribution in [-0.4, -0.2) is 15.4 Å². The zero-order chi connectivity index (χ0) is 13.8. The molecule has 0 radical (unpaired) electrons. The second-order valence-corrected chi connectivity index (χ2v) is 6.13. The van der Waals surface area contributed by atoms with Crippen LogP contribution in [0.3, 0.4) is 0 Å². The van der Waals surface area contributed by atoms with E-state index in [0.717, 1.165) is 4.90 Å². The fourth-order valence-corrected chi connectivity index (χ4v) is 2.46. The van der Waals surface area contributed by atoms with E-state index in [4.69, 9.17) is 16.3 Å². The molecule has 1 N–H and O–H groups in total. The maximum absolute atomic E-state index is 11.7. The highest BCUT2D eigenvalue weighted by atomic mass is 35.5. The van der Waals surface area contributed by atoms with Crippen LogP contribution in [0.4, 0.5) is 0 Å². The molecule has 100 valence electrons. The minimum Gasteiger partial charge on any atom is -0.434 e. The van der Waals surface area contributed by atoms with E-state index in [9.17, 15) is 4.79 Å². The lowest BCUT2D eigenvalue weighted by Gasteiger charge is -2.11. The van der Waals surface area contributed by atoms with Crippen LogP contribution < -0.4 is 10.2 Å². The first-order valence-corrected chi connectivity index (χ1v) is 7.01. The van der Waals surface area contributed by atoms with Gasteiger partial charge in [-0.25, -0.2) is 0 Å². The van der Waals surface area contributed by atoms with Gasteiger partial charge in [0, 0.05) is 11.3 Å². The highest BCUT2D eigenvalue weighted by Crippen LogP contribution is 2.33. The first-order valence-electron chi connectivity index (χ1n) is 5.75. The van der Waals surface area contributed by atoms with E-state index in [0.29, 0.717) is 11.0 Å². The van der Waals surface area contributed by atoms with Gasteiger partial charge in [0.1, 0.15) is 10.9 Å². The average Bonchev–Trinajstić information content (AvgIpc) is 2.34. The third-order valence-corrected chi connectivity index (χ3v) is 3.41. The Hall–Kier alpha value is -1.46. The maximum atomic E-state index is 11.7. The van der Waals surface area contributed by atoms with Crippen LogP contribution in [0, 0.1) is 0 Å². The van der Waals surface area contributed by atoms with E-state index in [1.54, 1.807) is 17.8 Å². The van der Waals surface area contributed by atoms with E-state index in [-0.39, 0.29) is 16.5 Å². The molecular formula is C13H13ClN2O2S. The summed E-state index contributed by atoms with van der Waals surface area (Å²) in [6.45, 7) is 4.18. The lowest BCUT2D eigenvalue weighted by Crippen LogP contribution is -2.07. The second kappa shape index (κ2) is 6.12. The van der Waals surface area contributed by atoms with E-state index in [1.807, 2.05) is 18.2 Å². The summed E-state index contributed by atoms with van der Waals surface area (Å²) in [6.07, 6.45) is 0. The summed E-state index contributed by atoms with van der Waals surface area (Å²) in [5, 5.41) is 6.90. The van der Waals surface area contributed by atoms with Crippen LogP contribution in [0.2, 0.25) is 5.15 Å². The van der Waals surface area contributed by atoms with Crippen LogP contribution in [-0.2, 0) is 0 Å². The molecule has 0 atom stereocenters. The van der Waals surface area contributed by atoms with E-state index in [2.05, 4.69) is 24.0 Å². The number of aromatic amines is 1. The van der Waals surface area contributed by atoms with Crippen LogP contribution in [0.5, 0.6) is 11.6 Å². The van der Waals surface area contributed by atoms with Crippen molar-refractivity contribution < 1.29 is 4.74 Å². The number of nitrogens with one attached hydrogen (secondary N) is 1. The number of para-hydroxylation sites is 1. The molecule has 0 spiro atoms. The highest BCUT2D eigenvalue weighted by molar-refractivity contribution is 8.00. The van der Waals surface area contributed by atoms with Crippen molar-refractivity contribution in [1.82, 2.24) is 10.2 Å². The third kappa shape index (κ3) is 3.75. The SMILES string of the molecule is CC(C)Sc1ccccc1Oc1n[nH]c(Cl)cc1=O. The van der Waals surface area contributed by atoms with Gasteiger partial charge in [-0.3, -0.25) is 9.89 Å².